The highest BCUT2D eigenvalue weighted by atomic mass is 19.2. The number of rotatable bonds is 3. The molecule has 0 aliphatic heterocycles. The lowest BCUT2D eigenvalue weighted by atomic mass is 10.0. The van der Waals surface area contributed by atoms with Crippen molar-refractivity contribution in [3.05, 3.63) is 53.6 Å². The van der Waals surface area contributed by atoms with Gasteiger partial charge in [0.15, 0.2) is 11.6 Å². The number of aromatic nitrogens is 2. The number of hydrogen-bond acceptors (Lipinski definition) is 2. The SMILES string of the molecule is Cn1ccnc1CC(N)c1cccc(F)c1F. The maximum atomic E-state index is 13.5. The quantitative estimate of drug-likeness (QED) is 0.886. The van der Waals surface area contributed by atoms with E-state index in [0.29, 0.717) is 6.42 Å². The number of imidazole rings is 1. The molecule has 1 heterocycles. The Bertz CT molecular complexity index is 522. The van der Waals surface area contributed by atoms with Crippen molar-refractivity contribution in [3.63, 3.8) is 0 Å². The van der Waals surface area contributed by atoms with E-state index >= 15 is 0 Å². The maximum Gasteiger partial charge on any atom is 0.163 e. The molecule has 90 valence electrons. The van der Waals surface area contributed by atoms with Gasteiger partial charge >= 0.3 is 0 Å². The fourth-order valence-corrected chi connectivity index (χ4v) is 1.71. The van der Waals surface area contributed by atoms with Crippen LogP contribution in [0, 0.1) is 11.6 Å². The van der Waals surface area contributed by atoms with Gasteiger partial charge in [-0.1, -0.05) is 12.1 Å². The molecule has 0 saturated carbocycles. The van der Waals surface area contributed by atoms with Crippen molar-refractivity contribution in [2.75, 3.05) is 0 Å². The van der Waals surface area contributed by atoms with E-state index in [2.05, 4.69) is 4.98 Å². The zero-order valence-corrected chi connectivity index (χ0v) is 9.40. The molecule has 0 fully saturated rings. The van der Waals surface area contributed by atoms with Gasteiger partial charge in [0.2, 0.25) is 0 Å². The molecule has 0 bridgehead atoms. The molecule has 0 spiro atoms. The summed E-state index contributed by atoms with van der Waals surface area (Å²) in [5.41, 5.74) is 6.04. The van der Waals surface area contributed by atoms with E-state index in [1.54, 1.807) is 17.0 Å². The molecular formula is C12H13F2N3. The fourth-order valence-electron chi connectivity index (χ4n) is 1.71. The fraction of sp³-hybridized carbons (Fsp3) is 0.250. The molecule has 0 aliphatic carbocycles. The zero-order chi connectivity index (χ0) is 12.4. The first-order valence-electron chi connectivity index (χ1n) is 5.25. The van der Waals surface area contributed by atoms with Crippen LogP contribution in [0.25, 0.3) is 0 Å². The van der Waals surface area contributed by atoms with Crippen LogP contribution in [0.5, 0.6) is 0 Å². The Morgan fingerprint density at radius 3 is 2.82 bits per heavy atom. The minimum absolute atomic E-state index is 0.174. The summed E-state index contributed by atoms with van der Waals surface area (Å²) in [6, 6.07) is 3.41. The monoisotopic (exact) mass is 237 g/mol. The van der Waals surface area contributed by atoms with Crippen molar-refractivity contribution in [1.82, 2.24) is 9.55 Å². The van der Waals surface area contributed by atoms with Crippen LogP contribution in [-0.2, 0) is 13.5 Å². The molecule has 1 unspecified atom stereocenters. The number of nitrogens with zero attached hydrogens (tertiary/aromatic N) is 2. The van der Waals surface area contributed by atoms with E-state index in [1.807, 2.05) is 7.05 Å². The molecule has 2 rings (SSSR count). The smallest absolute Gasteiger partial charge is 0.163 e. The second-order valence-corrected chi connectivity index (χ2v) is 3.91. The second-order valence-electron chi connectivity index (χ2n) is 3.91. The minimum atomic E-state index is -0.880. The Hall–Kier alpha value is -1.75. The van der Waals surface area contributed by atoms with Crippen molar-refractivity contribution in [1.29, 1.82) is 0 Å². The van der Waals surface area contributed by atoms with Gasteiger partial charge < -0.3 is 10.3 Å². The minimum Gasteiger partial charge on any atom is -0.338 e. The number of aryl methyl sites for hydroxylation is 1. The molecule has 0 amide bonds. The molecule has 2 aromatic rings. The first kappa shape index (κ1) is 11.7. The summed E-state index contributed by atoms with van der Waals surface area (Å²) in [6.45, 7) is 0. The largest absolute Gasteiger partial charge is 0.338 e. The van der Waals surface area contributed by atoms with Crippen LogP contribution in [-0.4, -0.2) is 9.55 Å². The van der Waals surface area contributed by atoms with Crippen molar-refractivity contribution >= 4 is 0 Å². The summed E-state index contributed by atoms with van der Waals surface area (Å²) < 4.78 is 28.3. The summed E-state index contributed by atoms with van der Waals surface area (Å²) in [4.78, 5) is 4.10. The van der Waals surface area contributed by atoms with Gasteiger partial charge in [-0.05, 0) is 6.07 Å². The van der Waals surface area contributed by atoms with Crippen molar-refractivity contribution in [3.8, 4) is 0 Å². The molecular weight excluding hydrogens is 224 g/mol. The van der Waals surface area contributed by atoms with Gasteiger partial charge in [-0.25, -0.2) is 13.8 Å². The number of halogens is 2. The van der Waals surface area contributed by atoms with Crippen molar-refractivity contribution in [2.24, 2.45) is 12.8 Å². The lowest BCUT2D eigenvalue weighted by Gasteiger charge is -2.13. The van der Waals surface area contributed by atoms with E-state index in [4.69, 9.17) is 5.73 Å². The molecule has 0 saturated heterocycles. The highest BCUT2D eigenvalue weighted by molar-refractivity contribution is 5.23. The average molecular weight is 237 g/mol. The van der Waals surface area contributed by atoms with Crippen LogP contribution >= 0.6 is 0 Å². The molecule has 0 radical (unpaired) electrons. The van der Waals surface area contributed by atoms with Gasteiger partial charge in [0.1, 0.15) is 5.82 Å². The van der Waals surface area contributed by atoms with E-state index < -0.39 is 17.7 Å². The first-order valence-corrected chi connectivity index (χ1v) is 5.25. The van der Waals surface area contributed by atoms with E-state index in [1.165, 1.54) is 12.1 Å². The Kier molecular flexibility index (Phi) is 3.19. The van der Waals surface area contributed by atoms with Crippen molar-refractivity contribution < 1.29 is 8.78 Å². The predicted octanol–water partition coefficient (Wildman–Crippen LogP) is 1.94. The van der Waals surface area contributed by atoms with Crippen LogP contribution < -0.4 is 5.73 Å². The molecule has 1 atom stereocenters. The highest BCUT2D eigenvalue weighted by Crippen LogP contribution is 2.20. The third-order valence-corrected chi connectivity index (χ3v) is 2.70. The summed E-state index contributed by atoms with van der Waals surface area (Å²) >= 11 is 0. The van der Waals surface area contributed by atoms with Gasteiger partial charge in [-0.15, -0.1) is 0 Å². The maximum absolute atomic E-state index is 13.5. The van der Waals surface area contributed by atoms with E-state index in [0.717, 1.165) is 11.9 Å². The molecule has 3 nitrogen and oxygen atoms in total. The number of hydrogen-bond donors (Lipinski definition) is 1. The van der Waals surface area contributed by atoms with E-state index in [-0.39, 0.29) is 5.56 Å². The zero-order valence-electron chi connectivity index (χ0n) is 9.40. The molecule has 5 heteroatoms. The normalized spacial score (nSPS) is 12.7. The third kappa shape index (κ3) is 2.34. The summed E-state index contributed by atoms with van der Waals surface area (Å²) in [5, 5.41) is 0. The van der Waals surface area contributed by atoms with Crippen LogP contribution in [0.1, 0.15) is 17.4 Å². The number of nitrogens with two attached hydrogens (primary N) is 1. The highest BCUT2D eigenvalue weighted by Gasteiger charge is 2.16. The molecule has 2 N–H and O–H groups in total. The topological polar surface area (TPSA) is 43.8 Å². The first-order chi connectivity index (χ1) is 8.09. The van der Waals surface area contributed by atoms with Crippen molar-refractivity contribution in [2.45, 2.75) is 12.5 Å². The van der Waals surface area contributed by atoms with Gasteiger partial charge in [0, 0.05) is 37.5 Å². The van der Waals surface area contributed by atoms with Gasteiger partial charge in [-0.2, -0.15) is 0 Å². The molecule has 1 aromatic heterocycles. The summed E-state index contributed by atoms with van der Waals surface area (Å²) in [5.74, 6) is -1.02. The van der Waals surface area contributed by atoms with Crippen LogP contribution in [0.4, 0.5) is 8.78 Å². The Morgan fingerprint density at radius 2 is 2.18 bits per heavy atom. The van der Waals surface area contributed by atoms with Crippen LogP contribution in [0.3, 0.4) is 0 Å². The van der Waals surface area contributed by atoms with Crippen LogP contribution in [0.15, 0.2) is 30.6 Å². The lowest BCUT2D eigenvalue weighted by Crippen LogP contribution is -2.17. The molecule has 17 heavy (non-hydrogen) atoms. The van der Waals surface area contributed by atoms with Crippen LogP contribution in [0.2, 0.25) is 0 Å². The van der Waals surface area contributed by atoms with E-state index in [9.17, 15) is 8.78 Å². The Balaban J connectivity index is 2.23. The average Bonchev–Trinajstić information content (AvgIpc) is 2.68. The summed E-state index contributed by atoms with van der Waals surface area (Å²) in [7, 11) is 1.83. The molecule has 1 aromatic carbocycles. The van der Waals surface area contributed by atoms with Gasteiger partial charge in [0.05, 0.1) is 0 Å². The Labute approximate surface area is 97.9 Å². The standard InChI is InChI=1S/C12H13F2N3/c1-17-6-5-16-11(17)7-10(15)8-3-2-4-9(13)12(8)14/h2-6,10H,7,15H2,1H3. The van der Waals surface area contributed by atoms with Gasteiger partial charge in [0.25, 0.3) is 0 Å². The van der Waals surface area contributed by atoms with Gasteiger partial charge in [-0.3, -0.25) is 0 Å². The lowest BCUT2D eigenvalue weighted by molar-refractivity contribution is 0.485. The Morgan fingerprint density at radius 1 is 1.41 bits per heavy atom. The summed E-state index contributed by atoms with van der Waals surface area (Å²) in [6.07, 6.45) is 3.79. The third-order valence-electron chi connectivity index (χ3n) is 2.70. The predicted molar refractivity (Wildman–Crippen MR) is 60.2 cm³/mol. The molecule has 0 aliphatic rings. The number of benzene rings is 1. The second kappa shape index (κ2) is 4.63.